The lowest BCUT2D eigenvalue weighted by Gasteiger charge is -2.24. The van der Waals surface area contributed by atoms with Crippen LogP contribution in [0.3, 0.4) is 0 Å². The van der Waals surface area contributed by atoms with E-state index in [-0.39, 0.29) is 11.8 Å². The minimum atomic E-state index is -0.256. The van der Waals surface area contributed by atoms with Gasteiger partial charge in [0.25, 0.3) is 11.8 Å². The summed E-state index contributed by atoms with van der Waals surface area (Å²) >= 11 is 7.34. The highest BCUT2D eigenvalue weighted by molar-refractivity contribution is 8.04. The first kappa shape index (κ1) is 22.2. The molecule has 0 aromatic heterocycles. The molecular weight excluding hydrogens is 440 g/mol. The van der Waals surface area contributed by atoms with Crippen LogP contribution in [0.4, 0.5) is 5.69 Å². The molecule has 0 spiro atoms. The van der Waals surface area contributed by atoms with Gasteiger partial charge in [0.2, 0.25) is 0 Å². The summed E-state index contributed by atoms with van der Waals surface area (Å²) in [5, 5.41) is 0.626. The average Bonchev–Trinajstić information content (AvgIpc) is 3.05. The van der Waals surface area contributed by atoms with Crippen LogP contribution < -0.4 is 4.90 Å². The summed E-state index contributed by atoms with van der Waals surface area (Å²) in [5.74, 6) is -0.511. The number of halogens is 1. The molecule has 4 rings (SSSR count). The monoisotopic (exact) mass is 462 g/mol. The molecule has 3 aromatic carbocycles. The van der Waals surface area contributed by atoms with E-state index in [2.05, 4.69) is 0 Å². The molecule has 4 nitrogen and oxygen atoms in total. The van der Waals surface area contributed by atoms with Crippen LogP contribution in [0.5, 0.6) is 0 Å². The molecule has 3 aromatic rings. The number of carbonyl (C=O) groups is 2. The van der Waals surface area contributed by atoms with Crippen molar-refractivity contribution in [2.24, 2.45) is 0 Å². The lowest BCUT2D eigenvalue weighted by molar-refractivity contribution is -0.137. The van der Waals surface area contributed by atoms with Gasteiger partial charge in [-0.3, -0.25) is 14.5 Å². The lowest BCUT2D eigenvalue weighted by Crippen LogP contribution is -2.36. The van der Waals surface area contributed by atoms with Crippen LogP contribution in [0.15, 0.2) is 100 Å². The van der Waals surface area contributed by atoms with Crippen molar-refractivity contribution in [3.8, 4) is 0 Å². The van der Waals surface area contributed by atoms with Crippen molar-refractivity contribution in [1.82, 2.24) is 4.90 Å². The molecule has 0 fully saturated rings. The molecule has 6 heteroatoms. The Morgan fingerprint density at radius 3 is 2.09 bits per heavy atom. The van der Waals surface area contributed by atoms with E-state index in [1.54, 1.807) is 12.1 Å². The number of rotatable bonds is 8. The van der Waals surface area contributed by atoms with Crippen molar-refractivity contribution in [3.63, 3.8) is 0 Å². The Bertz CT molecular complexity index is 1130. The first-order valence-electron chi connectivity index (χ1n) is 10.5. The second-order valence-electron chi connectivity index (χ2n) is 7.31. The Balaban J connectivity index is 1.68. The number of anilines is 1. The number of amides is 2. The van der Waals surface area contributed by atoms with Crippen molar-refractivity contribution in [1.29, 1.82) is 0 Å². The normalized spacial score (nSPS) is 13.8. The molecule has 32 heavy (non-hydrogen) atoms. The Hall–Kier alpha value is -3.02. The number of thioether (sulfide) groups is 1. The molecule has 0 radical (unpaired) electrons. The largest absolute Gasteiger partial charge is 0.336 e. The summed E-state index contributed by atoms with van der Waals surface area (Å²) in [4.78, 5) is 31.6. The summed E-state index contributed by atoms with van der Waals surface area (Å²) in [6, 6.07) is 26.9. The minimum Gasteiger partial charge on any atom is -0.336 e. The fourth-order valence-electron chi connectivity index (χ4n) is 3.66. The first-order chi connectivity index (χ1) is 15.6. The highest BCUT2D eigenvalue weighted by Crippen LogP contribution is 2.38. The number of carbonyl (C=O) groups excluding carboxylic acids is 2. The van der Waals surface area contributed by atoms with Gasteiger partial charge in [0.15, 0.2) is 0 Å². The molecule has 1 aliphatic heterocycles. The van der Waals surface area contributed by atoms with Crippen LogP contribution >= 0.6 is 23.4 Å². The maximum absolute atomic E-state index is 13.5. The van der Waals surface area contributed by atoms with Gasteiger partial charge in [-0.25, -0.2) is 0 Å². The molecule has 1 aliphatic rings. The molecule has 0 atom stereocenters. The first-order valence-corrected chi connectivity index (χ1v) is 11.7. The SMILES string of the molecule is CCN(C1=C(Sc2ccc(Cl)cc2)C(=O)N(CCc2ccccc2)C1=O)c1ccccc1. The molecular formula is C26H23ClN2O2S. The second kappa shape index (κ2) is 10.1. The Morgan fingerprint density at radius 2 is 1.47 bits per heavy atom. The van der Waals surface area contributed by atoms with E-state index in [0.717, 1.165) is 16.1 Å². The summed E-state index contributed by atoms with van der Waals surface area (Å²) < 4.78 is 0. The van der Waals surface area contributed by atoms with Crippen molar-refractivity contribution in [2.45, 2.75) is 18.2 Å². The Morgan fingerprint density at radius 1 is 0.844 bits per heavy atom. The molecule has 0 saturated carbocycles. The third-order valence-corrected chi connectivity index (χ3v) is 6.59. The molecule has 2 amide bonds. The summed E-state index contributed by atoms with van der Waals surface area (Å²) in [5.41, 5.74) is 2.39. The molecule has 0 aliphatic carbocycles. The van der Waals surface area contributed by atoms with Gasteiger partial charge in [0.05, 0.1) is 0 Å². The minimum absolute atomic E-state index is 0.254. The third-order valence-electron chi connectivity index (χ3n) is 5.26. The molecule has 0 N–H and O–H groups in total. The van der Waals surface area contributed by atoms with Crippen LogP contribution in [0.25, 0.3) is 0 Å². The molecule has 0 saturated heterocycles. The van der Waals surface area contributed by atoms with Gasteiger partial charge in [-0.1, -0.05) is 71.9 Å². The van der Waals surface area contributed by atoms with Crippen LogP contribution in [0.1, 0.15) is 12.5 Å². The van der Waals surface area contributed by atoms with Gasteiger partial charge in [-0.15, -0.1) is 0 Å². The van der Waals surface area contributed by atoms with Crippen molar-refractivity contribution in [3.05, 3.63) is 106 Å². The number of para-hydroxylation sites is 1. The van der Waals surface area contributed by atoms with Crippen LogP contribution in [-0.4, -0.2) is 29.8 Å². The average molecular weight is 463 g/mol. The zero-order valence-corrected chi connectivity index (χ0v) is 19.3. The van der Waals surface area contributed by atoms with E-state index in [1.807, 2.05) is 84.6 Å². The van der Waals surface area contributed by atoms with Crippen molar-refractivity contribution in [2.75, 3.05) is 18.0 Å². The van der Waals surface area contributed by atoms with Gasteiger partial charge in [-0.2, -0.15) is 0 Å². The van der Waals surface area contributed by atoms with E-state index in [1.165, 1.54) is 16.7 Å². The lowest BCUT2D eigenvalue weighted by atomic mass is 10.1. The van der Waals surface area contributed by atoms with Crippen LogP contribution in [0, 0.1) is 0 Å². The second-order valence-corrected chi connectivity index (χ2v) is 8.83. The number of nitrogens with zero attached hydrogens (tertiary/aromatic N) is 2. The highest BCUT2D eigenvalue weighted by atomic mass is 35.5. The van der Waals surface area contributed by atoms with E-state index >= 15 is 0 Å². The fourth-order valence-corrected chi connectivity index (χ4v) is 4.78. The van der Waals surface area contributed by atoms with E-state index in [0.29, 0.717) is 35.1 Å². The van der Waals surface area contributed by atoms with Gasteiger partial charge < -0.3 is 4.90 Å². The maximum Gasteiger partial charge on any atom is 0.278 e. The summed E-state index contributed by atoms with van der Waals surface area (Å²) in [6.07, 6.45) is 0.613. The smallest absolute Gasteiger partial charge is 0.278 e. The third kappa shape index (κ3) is 4.74. The highest BCUT2D eigenvalue weighted by Gasteiger charge is 2.41. The predicted molar refractivity (Wildman–Crippen MR) is 131 cm³/mol. The number of likely N-dealkylation sites (N-methyl/N-ethyl adjacent to an activating group) is 1. The summed E-state index contributed by atoms with van der Waals surface area (Å²) in [6.45, 7) is 2.88. The maximum atomic E-state index is 13.5. The van der Waals surface area contributed by atoms with Crippen LogP contribution in [-0.2, 0) is 16.0 Å². The fraction of sp³-hybridized carbons (Fsp3) is 0.154. The molecule has 1 heterocycles. The van der Waals surface area contributed by atoms with Gasteiger partial charge in [0.1, 0.15) is 10.6 Å². The van der Waals surface area contributed by atoms with E-state index in [4.69, 9.17) is 11.6 Å². The number of hydrogen-bond acceptors (Lipinski definition) is 4. The topological polar surface area (TPSA) is 40.6 Å². The zero-order chi connectivity index (χ0) is 22.5. The Kier molecular flexibility index (Phi) is 6.98. The van der Waals surface area contributed by atoms with E-state index in [9.17, 15) is 9.59 Å². The van der Waals surface area contributed by atoms with Crippen LogP contribution in [0.2, 0.25) is 5.02 Å². The number of imide groups is 1. The van der Waals surface area contributed by atoms with E-state index < -0.39 is 0 Å². The quantitative estimate of drug-likeness (QED) is 0.398. The van der Waals surface area contributed by atoms with Crippen molar-refractivity contribution >= 4 is 40.9 Å². The van der Waals surface area contributed by atoms with Crippen molar-refractivity contribution < 1.29 is 9.59 Å². The Labute approximate surface area is 197 Å². The number of hydrogen-bond donors (Lipinski definition) is 0. The van der Waals surface area contributed by atoms with Gasteiger partial charge in [-0.05, 0) is 55.3 Å². The molecule has 0 unspecified atom stereocenters. The number of benzene rings is 3. The molecule has 0 bridgehead atoms. The molecule has 162 valence electrons. The standard InChI is InChI=1S/C26H23ClN2O2S/c1-2-28(21-11-7-4-8-12-21)23-24(32-22-15-13-20(27)14-16-22)26(31)29(25(23)30)18-17-19-9-5-3-6-10-19/h3-16H,2,17-18H2,1H3. The predicted octanol–water partition coefficient (Wildman–Crippen LogP) is 5.78. The van der Waals surface area contributed by atoms with Gasteiger partial charge in [0, 0.05) is 28.7 Å². The van der Waals surface area contributed by atoms with Gasteiger partial charge >= 0.3 is 0 Å². The zero-order valence-electron chi connectivity index (χ0n) is 17.7. The summed E-state index contributed by atoms with van der Waals surface area (Å²) in [7, 11) is 0.